The molecule has 1 heterocycles. The summed E-state index contributed by atoms with van der Waals surface area (Å²) in [6.07, 6.45) is 1.18. The quantitative estimate of drug-likeness (QED) is 0.391. The molecule has 3 rings (SSSR count). The van der Waals surface area contributed by atoms with Gasteiger partial charge in [0, 0.05) is 11.3 Å². The van der Waals surface area contributed by atoms with Crippen LogP contribution in [0.15, 0.2) is 54.9 Å². The molecule has 0 radical (unpaired) electrons. The van der Waals surface area contributed by atoms with E-state index in [0.29, 0.717) is 17.0 Å². The third kappa shape index (κ3) is 4.24. The molecule has 0 amide bonds. The van der Waals surface area contributed by atoms with E-state index in [1.54, 1.807) is 36.4 Å². The van der Waals surface area contributed by atoms with Crippen LogP contribution >= 0.6 is 0 Å². The van der Waals surface area contributed by atoms with E-state index < -0.39 is 4.92 Å². The number of hydrogen-bond donors (Lipinski definition) is 1. The van der Waals surface area contributed by atoms with Crippen molar-refractivity contribution in [2.24, 2.45) is 0 Å². The molecule has 0 saturated carbocycles. The lowest BCUT2D eigenvalue weighted by Gasteiger charge is -2.10. The number of aromatic nitrogens is 2. The van der Waals surface area contributed by atoms with Crippen LogP contribution in [0.3, 0.4) is 0 Å². The van der Waals surface area contributed by atoms with Crippen molar-refractivity contribution in [1.82, 2.24) is 9.97 Å². The van der Waals surface area contributed by atoms with Crippen molar-refractivity contribution in [3.8, 4) is 11.6 Å². The maximum Gasteiger partial charge on any atom is 0.373 e. The average Bonchev–Trinajstić information content (AvgIpc) is 2.64. The molecule has 136 valence electrons. The molecular formula is C19H16N4O4. The largest absolute Gasteiger partial charge is 0.434 e. The molecule has 1 N–H and O–H groups in total. The van der Waals surface area contributed by atoms with Crippen LogP contribution in [-0.2, 0) is 0 Å². The van der Waals surface area contributed by atoms with Crippen LogP contribution in [0.25, 0.3) is 0 Å². The van der Waals surface area contributed by atoms with Gasteiger partial charge in [0.25, 0.3) is 0 Å². The molecule has 0 unspecified atom stereocenters. The Balaban J connectivity index is 1.92. The van der Waals surface area contributed by atoms with Gasteiger partial charge in [-0.1, -0.05) is 17.7 Å². The van der Waals surface area contributed by atoms with Gasteiger partial charge in [-0.25, -0.2) is 4.98 Å². The van der Waals surface area contributed by atoms with E-state index in [1.165, 1.54) is 13.3 Å². The molecule has 8 nitrogen and oxygen atoms in total. The number of nitrogens with zero attached hydrogens (tertiary/aromatic N) is 3. The van der Waals surface area contributed by atoms with Gasteiger partial charge in [0.2, 0.25) is 5.82 Å². The van der Waals surface area contributed by atoms with Crippen molar-refractivity contribution in [2.45, 2.75) is 13.8 Å². The Hall–Kier alpha value is -3.81. The zero-order chi connectivity index (χ0) is 19.4. The molecule has 8 heteroatoms. The number of nitro groups is 1. The number of Topliss-reactive ketones (excluding diaryl/α,β-unsaturated/α-hetero) is 1. The second kappa shape index (κ2) is 7.61. The van der Waals surface area contributed by atoms with Crippen LogP contribution in [0.1, 0.15) is 22.8 Å². The van der Waals surface area contributed by atoms with Crippen molar-refractivity contribution in [3.05, 3.63) is 76.1 Å². The number of ether oxygens (including phenoxy) is 1. The van der Waals surface area contributed by atoms with Crippen LogP contribution < -0.4 is 10.1 Å². The first-order valence-electron chi connectivity index (χ1n) is 8.06. The minimum atomic E-state index is -0.601. The van der Waals surface area contributed by atoms with Crippen LogP contribution in [0.4, 0.5) is 17.2 Å². The number of rotatable bonds is 6. The Morgan fingerprint density at radius 3 is 2.33 bits per heavy atom. The summed E-state index contributed by atoms with van der Waals surface area (Å²) in [7, 11) is 0. The third-order valence-electron chi connectivity index (χ3n) is 3.76. The van der Waals surface area contributed by atoms with Gasteiger partial charge in [0.05, 0.1) is 4.92 Å². The first kappa shape index (κ1) is 18.0. The maximum atomic E-state index is 11.6. The molecule has 0 bridgehead atoms. The van der Waals surface area contributed by atoms with E-state index in [9.17, 15) is 14.9 Å². The zero-order valence-corrected chi connectivity index (χ0v) is 14.7. The summed E-state index contributed by atoms with van der Waals surface area (Å²) in [5.74, 6) is 0.192. The number of carbonyl (C=O) groups is 1. The van der Waals surface area contributed by atoms with E-state index in [2.05, 4.69) is 15.3 Å². The lowest BCUT2D eigenvalue weighted by atomic mass is 10.1. The van der Waals surface area contributed by atoms with Crippen LogP contribution in [-0.4, -0.2) is 20.7 Å². The highest BCUT2D eigenvalue weighted by molar-refractivity contribution is 5.94. The van der Waals surface area contributed by atoms with Crippen molar-refractivity contribution < 1.29 is 14.5 Å². The topological polar surface area (TPSA) is 107 Å². The van der Waals surface area contributed by atoms with Crippen molar-refractivity contribution in [1.29, 1.82) is 0 Å². The number of anilines is 2. The second-order valence-electron chi connectivity index (χ2n) is 5.81. The Bertz CT molecular complexity index is 986. The highest BCUT2D eigenvalue weighted by Gasteiger charge is 2.25. The van der Waals surface area contributed by atoms with E-state index in [1.807, 2.05) is 19.1 Å². The summed E-state index contributed by atoms with van der Waals surface area (Å²) in [4.78, 5) is 30.2. The van der Waals surface area contributed by atoms with Gasteiger partial charge < -0.3 is 10.1 Å². The third-order valence-corrected chi connectivity index (χ3v) is 3.76. The number of hydrogen-bond acceptors (Lipinski definition) is 7. The Labute approximate surface area is 155 Å². The van der Waals surface area contributed by atoms with E-state index >= 15 is 0 Å². The number of aryl methyl sites for hydroxylation is 1. The summed E-state index contributed by atoms with van der Waals surface area (Å²) < 4.78 is 5.58. The van der Waals surface area contributed by atoms with Crippen LogP contribution in [0.5, 0.6) is 11.6 Å². The molecule has 0 aliphatic heterocycles. The highest BCUT2D eigenvalue weighted by Crippen LogP contribution is 2.35. The summed E-state index contributed by atoms with van der Waals surface area (Å²) in [5.41, 5.74) is 1.74. The summed E-state index contributed by atoms with van der Waals surface area (Å²) in [6.45, 7) is 3.39. The van der Waals surface area contributed by atoms with Gasteiger partial charge in [-0.05, 0) is 50.2 Å². The molecule has 3 aromatic rings. The molecule has 0 aliphatic rings. The molecule has 0 spiro atoms. The molecule has 0 fully saturated rings. The fraction of sp³-hybridized carbons (Fsp3) is 0.105. The Morgan fingerprint density at radius 1 is 1.07 bits per heavy atom. The predicted octanol–water partition coefficient (Wildman–Crippen LogP) is 4.43. The smallest absolute Gasteiger partial charge is 0.373 e. The van der Waals surface area contributed by atoms with Crippen LogP contribution in [0.2, 0.25) is 0 Å². The standard InChI is InChI=1S/C19H16N4O4/c1-12-3-9-16(10-4-12)27-19-17(23(25)26)18(20-11-21-19)22-15-7-5-14(6-8-15)13(2)24/h3-11H,1-2H3,(H,20,21,22). The number of ketones is 1. The van der Waals surface area contributed by atoms with E-state index in [4.69, 9.17) is 4.74 Å². The monoisotopic (exact) mass is 364 g/mol. The lowest BCUT2D eigenvalue weighted by molar-refractivity contribution is -0.385. The SMILES string of the molecule is CC(=O)c1ccc(Nc2ncnc(Oc3ccc(C)cc3)c2[N+](=O)[O-])cc1. The molecule has 1 aromatic heterocycles. The predicted molar refractivity (Wildman–Crippen MR) is 99.7 cm³/mol. The molecule has 0 aliphatic carbocycles. The Kier molecular flexibility index (Phi) is 5.07. The lowest BCUT2D eigenvalue weighted by Crippen LogP contribution is -2.03. The second-order valence-corrected chi connectivity index (χ2v) is 5.81. The number of nitrogens with one attached hydrogen (secondary N) is 1. The molecule has 0 saturated heterocycles. The average molecular weight is 364 g/mol. The van der Waals surface area contributed by atoms with Gasteiger partial charge in [0.15, 0.2) is 5.78 Å². The van der Waals surface area contributed by atoms with Gasteiger partial charge in [0.1, 0.15) is 12.1 Å². The maximum absolute atomic E-state index is 11.6. The van der Waals surface area contributed by atoms with Gasteiger partial charge in [-0.2, -0.15) is 4.98 Å². The molecule has 27 heavy (non-hydrogen) atoms. The fourth-order valence-electron chi connectivity index (χ4n) is 2.34. The molecule has 0 atom stereocenters. The van der Waals surface area contributed by atoms with Crippen molar-refractivity contribution in [3.63, 3.8) is 0 Å². The molecular weight excluding hydrogens is 348 g/mol. The van der Waals surface area contributed by atoms with Crippen LogP contribution in [0, 0.1) is 17.0 Å². The Morgan fingerprint density at radius 2 is 1.74 bits per heavy atom. The van der Waals surface area contributed by atoms with Crippen molar-refractivity contribution >= 4 is 23.0 Å². The fourth-order valence-corrected chi connectivity index (χ4v) is 2.34. The summed E-state index contributed by atoms with van der Waals surface area (Å²) in [5, 5.41) is 14.5. The van der Waals surface area contributed by atoms with Gasteiger partial charge in [-0.3, -0.25) is 14.9 Å². The van der Waals surface area contributed by atoms with Crippen molar-refractivity contribution in [2.75, 3.05) is 5.32 Å². The van der Waals surface area contributed by atoms with Gasteiger partial charge >= 0.3 is 11.6 Å². The van der Waals surface area contributed by atoms with E-state index in [-0.39, 0.29) is 23.2 Å². The number of carbonyl (C=O) groups excluding carboxylic acids is 1. The minimum Gasteiger partial charge on any atom is -0.434 e. The van der Waals surface area contributed by atoms with E-state index in [0.717, 1.165) is 5.56 Å². The normalized spacial score (nSPS) is 10.3. The number of benzene rings is 2. The summed E-state index contributed by atoms with van der Waals surface area (Å²) >= 11 is 0. The van der Waals surface area contributed by atoms with Gasteiger partial charge in [-0.15, -0.1) is 0 Å². The summed E-state index contributed by atoms with van der Waals surface area (Å²) in [6, 6.07) is 13.6. The zero-order valence-electron chi connectivity index (χ0n) is 14.7. The highest BCUT2D eigenvalue weighted by atomic mass is 16.6. The molecule has 2 aromatic carbocycles. The minimum absolute atomic E-state index is 0.00677. The first-order valence-corrected chi connectivity index (χ1v) is 8.06. The first-order chi connectivity index (χ1) is 12.9.